The molecular formula is C41H50F2N6O3S. The standard InChI is InChI=1S/C41H50F2N6O3S/c1-40(2,3)37(50)48(25-28-7-16-36(44-24-28)46(6)32-12-13-32)34-14-15-35(43)29(23-34)17-18-41(4,5)38(51)49(33-10-8-30(42)9-11-33)26-31-27-53-39(45-31)47-19-21-52-22-20-47/h7-11,14-16,23-24,27,32H,12-13,17-22,25-26H2,1-6H3. The van der Waals surface area contributed by atoms with Gasteiger partial charge in [0.1, 0.15) is 17.5 Å². The molecule has 53 heavy (non-hydrogen) atoms. The van der Waals surface area contributed by atoms with Gasteiger partial charge < -0.3 is 24.3 Å². The van der Waals surface area contributed by atoms with E-state index in [9.17, 15) is 14.0 Å². The number of carbonyl (C=O) groups is 2. The van der Waals surface area contributed by atoms with Crippen LogP contribution in [0.1, 0.15) is 70.7 Å². The first-order valence-electron chi connectivity index (χ1n) is 18.3. The number of hydrogen-bond donors (Lipinski definition) is 0. The van der Waals surface area contributed by atoms with Crippen LogP contribution in [0.4, 0.5) is 31.1 Å². The molecule has 1 saturated carbocycles. The number of carbonyl (C=O) groups excluding carboxylic acids is 2. The minimum Gasteiger partial charge on any atom is -0.378 e. The van der Waals surface area contributed by atoms with Crippen molar-refractivity contribution in [3.05, 3.63) is 94.6 Å². The van der Waals surface area contributed by atoms with Gasteiger partial charge in [0.2, 0.25) is 11.8 Å². The zero-order chi connectivity index (χ0) is 37.9. The molecule has 2 aromatic carbocycles. The number of rotatable bonds is 13. The molecule has 9 nitrogen and oxygen atoms in total. The van der Waals surface area contributed by atoms with Crippen molar-refractivity contribution in [2.24, 2.45) is 10.8 Å². The number of nitrogens with zero attached hydrogens (tertiary/aromatic N) is 6. The Morgan fingerprint density at radius 1 is 0.906 bits per heavy atom. The molecule has 2 aromatic heterocycles. The number of anilines is 4. The Morgan fingerprint density at radius 3 is 2.23 bits per heavy atom. The van der Waals surface area contributed by atoms with Crippen LogP contribution in [-0.4, -0.2) is 61.2 Å². The van der Waals surface area contributed by atoms with E-state index < -0.39 is 22.5 Å². The van der Waals surface area contributed by atoms with Gasteiger partial charge in [-0.2, -0.15) is 0 Å². The van der Waals surface area contributed by atoms with E-state index in [4.69, 9.17) is 9.72 Å². The zero-order valence-corrected chi connectivity index (χ0v) is 32.4. The number of hydrogen-bond acceptors (Lipinski definition) is 8. The highest BCUT2D eigenvalue weighted by Gasteiger charge is 2.34. The molecule has 1 saturated heterocycles. The van der Waals surface area contributed by atoms with Gasteiger partial charge in [-0.1, -0.05) is 40.7 Å². The molecule has 282 valence electrons. The van der Waals surface area contributed by atoms with Gasteiger partial charge in [-0.25, -0.2) is 18.7 Å². The number of halogens is 2. The Kier molecular flexibility index (Phi) is 11.5. The molecule has 2 amide bonds. The first kappa shape index (κ1) is 38.3. The molecule has 1 aliphatic carbocycles. The maximum absolute atomic E-state index is 15.5. The summed E-state index contributed by atoms with van der Waals surface area (Å²) in [6, 6.07) is 15.1. The van der Waals surface area contributed by atoms with Gasteiger partial charge in [-0.05, 0) is 85.3 Å². The molecule has 0 bridgehead atoms. The van der Waals surface area contributed by atoms with Crippen LogP contribution >= 0.6 is 11.3 Å². The lowest BCUT2D eigenvalue weighted by molar-refractivity contribution is -0.127. The number of thiazole rings is 1. The summed E-state index contributed by atoms with van der Waals surface area (Å²) in [5.74, 6) is -0.184. The largest absolute Gasteiger partial charge is 0.378 e. The highest BCUT2D eigenvalue weighted by Crippen LogP contribution is 2.34. The number of pyridine rings is 1. The van der Waals surface area contributed by atoms with Crippen molar-refractivity contribution in [2.75, 3.05) is 53.0 Å². The lowest BCUT2D eigenvalue weighted by Crippen LogP contribution is -2.41. The summed E-state index contributed by atoms with van der Waals surface area (Å²) in [4.78, 5) is 45.4. The number of ether oxygens (including phenoxy) is 1. The molecule has 0 atom stereocenters. The first-order chi connectivity index (χ1) is 25.2. The van der Waals surface area contributed by atoms with Crippen molar-refractivity contribution in [1.82, 2.24) is 9.97 Å². The quantitative estimate of drug-likeness (QED) is 0.137. The molecule has 6 rings (SSSR count). The smallest absolute Gasteiger partial charge is 0.233 e. The second-order valence-electron chi connectivity index (χ2n) is 15.8. The van der Waals surface area contributed by atoms with Crippen molar-refractivity contribution in [2.45, 2.75) is 79.4 Å². The normalized spacial score (nSPS) is 15.0. The van der Waals surface area contributed by atoms with Crippen LogP contribution in [0.15, 0.2) is 66.2 Å². The fraction of sp³-hybridized carbons (Fsp3) is 0.463. The number of amides is 2. The number of aromatic nitrogens is 2. The van der Waals surface area contributed by atoms with E-state index >= 15 is 4.39 Å². The average molecular weight is 745 g/mol. The molecule has 2 aliphatic rings. The second-order valence-corrected chi connectivity index (χ2v) is 16.6. The number of morpholine rings is 1. The lowest BCUT2D eigenvalue weighted by atomic mass is 9.84. The predicted molar refractivity (Wildman–Crippen MR) is 208 cm³/mol. The van der Waals surface area contributed by atoms with Gasteiger partial charge in [0.15, 0.2) is 5.13 Å². The van der Waals surface area contributed by atoms with E-state index in [0.29, 0.717) is 42.6 Å². The first-order valence-corrected chi connectivity index (χ1v) is 19.2. The molecular weight excluding hydrogens is 695 g/mol. The van der Waals surface area contributed by atoms with E-state index in [1.165, 1.54) is 42.4 Å². The fourth-order valence-corrected chi connectivity index (χ4v) is 7.28. The summed E-state index contributed by atoms with van der Waals surface area (Å²) in [6.07, 6.45) is 4.73. The van der Waals surface area contributed by atoms with Gasteiger partial charge in [-0.15, -0.1) is 11.3 Å². The lowest BCUT2D eigenvalue weighted by Gasteiger charge is -2.32. The Morgan fingerprint density at radius 2 is 1.58 bits per heavy atom. The SMILES string of the molecule is CN(c1ccc(CN(C(=O)C(C)(C)C)c2ccc(F)c(CCC(C)(C)C(=O)N(Cc3csc(N4CCOCC4)n3)c3ccc(F)cc3)c2)cn1)C1CC1. The third-order valence-corrected chi connectivity index (χ3v) is 10.9. The second kappa shape index (κ2) is 15.9. The van der Waals surface area contributed by atoms with Gasteiger partial charge in [-0.3, -0.25) is 9.59 Å². The van der Waals surface area contributed by atoms with Crippen molar-refractivity contribution in [1.29, 1.82) is 0 Å². The van der Waals surface area contributed by atoms with Gasteiger partial charge in [0.05, 0.1) is 32.0 Å². The van der Waals surface area contributed by atoms with Gasteiger partial charge >= 0.3 is 0 Å². The third-order valence-electron chi connectivity index (χ3n) is 9.96. The Hall–Kier alpha value is -4.42. The van der Waals surface area contributed by atoms with E-state index in [2.05, 4.69) is 14.8 Å². The fourth-order valence-electron chi connectivity index (χ4n) is 6.41. The van der Waals surface area contributed by atoms with Crippen LogP contribution < -0.4 is 19.6 Å². The molecule has 1 aliphatic heterocycles. The zero-order valence-electron chi connectivity index (χ0n) is 31.6. The molecule has 2 fully saturated rings. The maximum Gasteiger partial charge on any atom is 0.233 e. The van der Waals surface area contributed by atoms with Crippen LogP contribution in [0.25, 0.3) is 0 Å². The van der Waals surface area contributed by atoms with Crippen LogP contribution in [0.2, 0.25) is 0 Å². The maximum atomic E-state index is 15.5. The number of aryl methyl sites for hydroxylation is 1. The average Bonchev–Trinajstić information content (AvgIpc) is 3.89. The van der Waals surface area contributed by atoms with Crippen LogP contribution in [-0.2, 0) is 33.8 Å². The minimum absolute atomic E-state index is 0.0986. The molecule has 0 N–H and O–H groups in total. The molecule has 0 unspecified atom stereocenters. The number of benzene rings is 2. The van der Waals surface area contributed by atoms with Crippen molar-refractivity contribution in [3.8, 4) is 0 Å². The highest BCUT2D eigenvalue weighted by molar-refractivity contribution is 7.13. The summed E-state index contributed by atoms with van der Waals surface area (Å²) in [6.45, 7) is 12.6. The Balaban J connectivity index is 1.20. The van der Waals surface area contributed by atoms with Crippen molar-refractivity contribution in [3.63, 3.8) is 0 Å². The van der Waals surface area contributed by atoms with Crippen LogP contribution in [0.3, 0.4) is 0 Å². The molecule has 0 spiro atoms. The Bertz CT molecular complexity index is 1880. The summed E-state index contributed by atoms with van der Waals surface area (Å²) in [5, 5.41) is 2.82. The summed E-state index contributed by atoms with van der Waals surface area (Å²) >= 11 is 1.52. The summed E-state index contributed by atoms with van der Waals surface area (Å²) in [7, 11) is 2.05. The van der Waals surface area contributed by atoms with Crippen molar-refractivity contribution >= 4 is 45.5 Å². The third kappa shape index (κ3) is 9.39. The highest BCUT2D eigenvalue weighted by atomic mass is 32.1. The molecule has 4 aromatic rings. The summed E-state index contributed by atoms with van der Waals surface area (Å²) in [5.41, 5.74) is 1.53. The molecule has 0 radical (unpaired) electrons. The van der Waals surface area contributed by atoms with Crippen LogP contribution in [0, 0.1) is 22.5 Å². The van der Waals surface area contributed by atoms with E-state index in [1.807, 2.05) is 59.2 Å². The topological polar surface area (TPSA) is 82.1 Å². The van der Waals surface area contributed by atoms with E-state index in [-0.39, 0.29) is 31.3 Å². The van der Waals surface area contributed by atoms with Gasteiger partial charge in [0.25, 0.3) is 0 Å². The molecule has 3 heterocycles. The monoisotopic (exact) mass is 744 g/mol. The Labute approximate surface area is 315 Å². The predicted octanol–water partition coefficient (Wildman–Crippen LogP) is 8.02. The minimum atomic E-state index is -0.929. The molecule has 12 heteroatoms. The van der Waals surface area contributed by atoms with E-state index in [1.54, 1.807) is 40.3 Å². The van der Waals surface area contributed by atoms with E-state index in [0.717, 1.165) is 35.3 Å². The summed E-state index contributed by atoms with van der Waals surface area (Å²) < 4.78 is 35.0. The van der Waals surface area contributed by atoms with Crippen LogP contribution in [0.5, 0.6) is 0 Å². The van der Waals surface area contributed by atoms with Gasteiger partial charge in [0, 0.05) is 60.0 Å². The van der Waals surface area contributed by atoms with Crippen molar-refractivity contribution < 1.29 is 23.1 Å².